The molecule has 0 aromatic heterocycles. The van der Waals surface area contributed by atoms with Gasteiger partial charge in [0.1, 0.15) is 11.6 Å². The average Bonchev–Trinajstić information content (AvgIpc) is 3.29. The summed E-state index contributed by atoms with van der Waals surface area (Å²) in [5, 5.41) is 12.2. The first-order chi connectivity index (χ1) is 15.9. The number of anilines is 1. The second-order valence-electron chi connectivity index (χ2n) is 8.78. The van der Waals surface area contributed by atoms with Gasteiger partial charge in [-0.25, -0.2) is 4.39 Å². The smallest absolute Gasteiger partial charge is 0.236 e. The molecule has 2 fully saturated rings. The number of nitrogens with one attached hydrogen (secondary N) is 1. The first-order valence-corrected chi connectivity index (χ1v) is 11.3. The van der Waals surface area contributed by atoms with Crippen molar-refractivity contribution in [2.45, 2.75) is 19.3 Å². The lowest BCUT2D eigenvalue weighted by atomic mass is 9.89. The topological polar surface area (TPSA) is 89.9 Å². The number of carbonyl (C=O) groups is 3. The molecule has 2 aliphatic heterocycles. The summed E-state index contributed by atoms with van der Waals surface area (Å²) in [4.78, 5) is 41.7. The zero-order valence-corrected chi connectivity index (χ0v) is 18.4. The van der Waals surface area contributed by atoms with Gasteiger partial charge in [0, 0.05) is 36.8 Å². The Balaban J connectivity index is 1.21. The molecule has 0 bridgehead atoms. The van der Waals surface area contributed by atoms with Crippen molar-refractivity contribution in [3.63, 3.8) is 0 Å². The summed E-state index contributed by atoms with van der Waals surface area (Å²) >= 11 is 0. The number of carbonyl (C=O) groups excluding carboxylic acids is 3. The summed E-state index contributed by atoms with van der Waals surface area (Å²) in [5.41, 5.74) is 1.14. The van der Waals surface area contributed by atoms with E-state index in [4.69, 9.17) is 0 Å². The van der Waals surface area contributed by atoms with E-state index < -0.39 is 0 Å². The van der Waals surface area contributed by atoms with Crippen LogP contribution in [0.2, 0.25) is 0 Å². The Bertz CT molecular complexity index is 1000. The van der Waals surface area contributed by atoms with E-state index in [-0.39, 0.29) is 47.5 Å². The fourth-order valence-corrected chi connectivity index (χ4v) is 4.51. The summed E-state index contributed by atoms with van der Waals surface area (Å²) < 4.78 is 13.1. The largest absolute Gasteiger partial charge is 0.508 e. The minimum absolute atomic E-state index is 0.00382. The Kier molecular flexibility index (Phi) is 7.03. The standard InChI is InChI=1S/C25H28FN3O4/c26-20-3-1-17(2-4-20)24(32)18-10-13-29(14-11-18)23(31)16-28-12-9-19(15-28)25(33)27-21-5-7-22(30)8-6-21/h1-8,18-19,30H,9-16H2,(H,27,33). The van der Waals surface area contributed by atoms with E-state index in [0.29, 0.717) is 56.7 Å². The van der Waals surface area contributed by atoms with Gasteiger partial charge in [-0.05, 0) is 74.3 Å². The maximum atomic E-state index is 13.1. The van der Waals surface area contributed by atoms with E-state index in [1.807, 2.05) is 4.90 Å². The lowest BCUT2D eigenvalue weighted by Crippen LogP contribution is -2.45. The van der Waals surface area contributed by atoms with Gasteiger partial charge in [0.15, 0.2) is 5.78 Å². The van der Waals surface area contributed by atoms with Gasteiger partial charge in [0.05, 0.1) is 12.5 Å². The molecule has 2 amide bonds. The third-order valence-corrected chi connectivity index (χ3v) is 6.48. The van der Waals surface area contributed by atoms with Crippen molar-refractivity contribution in [2.75, 3.05) is 38.0 Å². The van der Waals surface area contributed by atoms with Gasteiger partial charge >= 0.3 is 0 Å². The molecule has 0 saturated carbocycles. The van der Waals surface area contributed by atoms with Crippen LogP contribution < -0.4 is 5.32 Å². The summed E-state index contributed by atoms with van der Waals surface area (Å²) in [6.45, 7) is 2.51. The lowest BCUT2D eigenvalue weighted by Gasteiger charge is -2.32. The molecule has 0 radical (unpaired) electrons. The monoisotopic (exact) mass is 453 g/mol. The van der Waals surface area contributed by atoms with E-state index in [1.54, 1.807) is 17.0 Å². The van der Waals surface area contributed by atoms with Crippen molar-refractivity contribution in [3.05, 3.63) is 59.9 Å². The van der Waals surface area contributed by atoms with E-state index in [9.17, 15) is 23.9 Å². The third kappa shape index (κ3) is 5.76. The number of Topliss-reactive ketones (excluding diaryl/α,β-unsaturated/α-hetero) is 1. The summed E-state index contributed by atoms with van der Waals surface area (Å²) in [6, 6.07) is 11.9. The molecule has 33 heavy (non-hydrogen) atoms. The van der Waals surface area contributed by atoms with Crippen LogP contribution in [0, 0.1) is 17.7 Å². The van der Waals surface area contributed by atoms with Crippen LogP contribution in [0.25, 0.3) is 0 Å². The molecule has 2 aromatic rings. The highest BCUT2D eigenvalue weighted by Gasteiger charge is 2.32. The minimum Gasteiger partial charge on any atom is -0.508 e. The molecule has 0 spiro atoms. The second kappa shape index (κ2) is 10.1. The summed E-state index contributed by atoms with van der Waals surface area (Å²) in [7, 11) is 0. The number of phenols is 1. The van der Waals surface area contributed by atoms with Crippen molar-refractivity contribution in [1.82, 2.24) is 9.80 Å². The van der Waals surface area contributed by atoms with Crippen LogP contribution in [-0.4, -0.2) is 65.2 Å². The lowest BCUT2D eigenvalue weighted by molar-refractivity contribution is -0.133. The van der Waals surface area contributed by atoms with Crippen molar-refractivity contribution >= 4 is 23.3 Å². The van der Waals surface area contributed by atoms with Gasteiger partial charge in [0.2, 0.25) is 11.8 Å². The Morgan fingerprint density at radius 1 is 0.909 bits per heavy atom. The van der Waals surface area contributed by atoms with Crippen molar-refractivity contribution < 1.29 is 23.9 Å². The van der Waals surface area contributed by atoms with Gasteiger partial charge in [-0.1, -0.05) is 0 Å². The quantitative estimate of drug-likeness (QED) is 0.519. The SMILES string of the molecule is O=C(Nc1ccc(O)cc1)C1CCN(CC(=O)N2CCC(C(=O)c3ccc(F)cc3)CC2)C1. The molecule has 7 nitrogen and oxygen atoms in total. The number of amides is 2. The number of aromatic hydroxyl groups is 1. The number of hydrogen-bond donors (Lipinski definition) is 2. The van der Waals surface area contributed by atoms with Crippen LogP contribution in [-0.2, 0) is 9.59 Å². The van der Waals surface area contributed by atoms with Gasteiger partial charge in [-0.15, -0.1) is 0 Å². The number of phenolic OH excluding ortho intramolecular Hbond substituents is 1. The number of nitrogens with zero attached hydrogens (tertiary/aromatic N) is 2. The summed E-state index contributed by atoms with van der Waals surface area (Å²) in [5.74, 6) is -0.636. The maximum Gasteiger partial charge on any atom is 0.236 e. The highest BCUT2D eigenvalue weighted by atomic mass is 19.1. The number of benzene rings is 2. The molecule has 2 aliphatic rings. The predicted molar refractivity (Wildman–Crippen MR) is 121 cm³/mol. The van der Waals surface area contributed by atoms with Crippen molar-refractivity contribution in [3.8, 4) is 5.75 Å². The summed E-state index contributed by atoms with van der Waals surface area (Å²) in [6.07, 6.45) is 1.88. The molecule has 174 valence electrons. The molecule has 2 N–H and O–H groups in total. The average molecular weight is 454 g/mol. The van der Waals surface area contributed by atoms with Crippen LogP contribution in [0.1, 0.15) is 29.6 Å². The van der Waals surface area contributed by atoms with Crippen LogP contribution in [0.15, 0.2) is 48.5 Å². The molecule has 2 saturated heterocycles. The predicted octanol–water partition coefficient (Wildman–Crippen LogP) is 2.91. The third-order valence-electron chi connectivity index (χ3n) is 6.48. The molecule has 1 unspecified atom stereocenters. The second-order valence-corrected chi connectivity index (χ2v) is 8.78. The molecule has 1 atom stereocenters. The zero-order valence-electron chi connectivity index (χ0n) is 18.4. The van der Waals surface area contributed by atoms with Crippen molar-refractivity contribution in [1.29, 1.82) is 0 Å². The fourth-order valence-electron chi connectivity index (χ4n) is 4.51. The van der Waals surface area contributed by atoms with E-state index in [0.717, 1.165) is 0 Å². The number of rotatable bonds is 6. The first-order valence-electron chi connectivity index (χ1n) is 11.3. The molecule has 2 heterocycles. The number of hydrogen-bond acceptors (Lipinski definition) is 5. The Labute approximate surface area is 192 Å². The van der Waals surface area contributed by atoms with E-state index >= 15 is 0 Å². The molecule has 8 heteroatoms. The highest BCUT2D eigenvalue weighted by Crippen LogP contribution is 2.24. The maximum absolute atomic E-state index is 13.1. The first kappa shape index (κ1) is 22.9. The van der Waals surface area contributed by atoms with Gasteiger partial charge in [-0.3, -0.25) is 19.3 Å². The fraction of sp³-hybridized carbons (Fsp3) is 0.400. The van der Waals surface area contributed by atoms with E-state index in [1.165, 1.54) is 36.4 Å². The molecule has 0 aliphatic carbocycles. The molecule has 4 rings (SSSR count). The van der Waals surface area contributed by atoms with Crippen LogP contribution in [0.5, 0.6) is 5.75 Å². The van der Waals surface area contributed by atoms with Gasteiger partial charge < -0.3 is 15.3 Å². The highest BCUT2D eigenvalue weighted by molar-refractivity contribution is 5.98. The van der Waals surface area contributed by atoms with Gasteiger partial charge in [-0.2, -0.15) is 0 Å². The van der Waals surface area contributed by atoms with Crippen LogP contribution in [0.4, 0.5) is 10.1 Å². The Morgan fingerprint density at radius 3 is 2.21 bits per heavy atom. The Hall–Kier alpha value is -3.26. The molecular formula is C25H28FN3O4. The van der Waals surface area contributed by atoms with Crippen LogP contribution >= 0.6 is 0 Å². The number of halogens is 1. The zero-order chi connectivity index (χ0) is 23.4. The van der Waals surface area contributed by atoms with E-state index in [2.05, 4.69) is 5.32 Å². The number of likely N-dealkylation sites (tertiary alicyclic amines) is 2. The normalized spacial score (nSPS) is 19.4. The van der Waals surface area contributed by atoms with Gasteiger partial charge in [0.25, 0.3) is 0 Å². The minimum atomic E-state index is -0.367. The van der Waals surface area contributed by atoms with Crippen molar-refractivity contribution in [2.24, 2.45) is 11.8 Å². The van der Waals surface area contributed by atoms with Crippen LogP contribution in [0.3, 0.4) is 0 Å². The Morgan fingerprint density at radius 2 is 1.55 bits per heavy atom. The molecular weight excluding hydrogens is 425 g/mol. The molecule has 2 aromatic carbocycles. The number of ketones is 1. The number of piperidine rings is 1.